The Labute approximate surface area is 209 Å². The average Bonchev–Trinajstić information content (AvgIpc) is 3.16. The van der Waals surface area contributed by atoms with Crippen molar-refractivity contribution in [1.82, 2.24) is 14.5 Å². The van der Waals surface area contributed by atoms with Crippen molar-refractivity contribution in [2.45, 2.75) is 59.4 Å². The Kier molecular flexibility index (Phi) is 7.47. The van der Waals surface area contributed by atoms with Crippen molar-refractivity contribution in [2.24, 2.45) is 11.8 Å². The van der Waals surface area contributed by atoms with Gasteiger partial charge in [0.25, 0.3) is 5.91 Å². The summed E-state index contributed by atoms with van der Waals surface area (Å²) in [4.78, 5) is 19.7. The first-order valence-electron chi connectivity index (χ1n) is 12.5. The Morgan fingerprint density at radius 2 is 1.69 bits per heavy atom. The van der Waals surface area contributed by atoms with Gasteiger partial charge in [0.05, 0.1) is 11.0 Å². The molecule has 0 radical (unpaired) electrons. The number of amides is 1. The zero-order valence-electron chi connectivity index (χ0n) is 21.1. The number of alkyl halides is 3. The van der Waals surface area contributed by atoms with E-state index in [4.69, 9.17) is 4.98 Å². The van der Waals surface area contributed by atoms with E-state index >= 15 is 0 Å². The highest BCUT2D eigenvalue weighted by Gasteiger charge is 2.31. The van der Waals surface area contributed by atoms with Crippen LogP contribution in [-0.2, 0) is 0 Å². The fourth-order valence-electron chi connectivity index (χ4n) is 5.36. The number of ether oxygens (including phenoxy) is 1. The fraction of sp³-hybridized carbons (Fsp3) is 0.481. The molecule has 1 N–H and O–H groups in total. The van der Waals surface area contributed by atoms with E-state index in [1.54, 1.807) is 11.0 Å². The maximum absolute atomic E-state index is 13.1. The lowest BCUT2D eigenvalue weighted by atomic mass is 9.80. The molecule has 0 spiro atoms. The Bertz CT molecular complexity index is 1190. The number of rotatable bonds is 7. The molecule has 1 aromatic heterocycles. The summed E-state index contributed by atoms with van der Waals surface area (Å²) in [6, 6.07) is 11.4. The predicted octanol–water partition coefficient (Wildman–Crippen LogP) is 7.16. The maximum Gasteiger partial charge on any atom is 0.573 e. The zero-order chi connectivity index (χ0) is 26.0. The van der Waals surface area contributed by atoms with E-state index in [-0.39, 0.29) is 17.7 Å². The molecular formula is C27H33F3N4O2. The van der Waals surface area contributed by atoms with Gasteiger partial charge in [-0.05, 0) is 87.4 Å². The highest BCUT2D eigenvalue weighted by Crippen LogP contribution is 2.40. The second-order valence-electron chi connectivity index (χ2n) is 9.75. The van der Waals surface area contributed by atoms with Gasteiger partial charge in [-0.25, -0.2) is 4.98 Å². The van der Waals surface area contributed by atoms with E-state index in [0.29, 0.717) is 42.1 Å². The molecular weight excluding hydrogens is 469 g/mol. The molecule has 1 saturated carbocycles. The normalized spacial score (nSPS) is 20.4. The third-order valence-corrected chi connectivity index (χ3v) is 6.85. The van der Waals surface area contributed by atoms with Gasteiger partial charge in [-0.1, -0.05) is 13.8 Å². The number of hydrogen-bond acceptors (Lipinski definition) is 4. The number of nitrogens with one attached hydrogen (secondary N) is 1. The fourth-order valence-corrected chi connectivity index (χ4v) is 5.36. The van der Waals surface area contributed by atoms with Crippen LogP contribution in [0, 0.1) is 11.8 Å². The van der Waals surface area contributed by atoms with Crippen molar-refractivity contribution in [1.29, 1.82) is 0 Å². The number of hydrogen-bond donors (Lipinski definition) is 1. The first-order valence-corrected chi connectivity index (χ1v) is 12.5. The number of benzene rings is 2. The number of imidazole rings is 1. The summed E-state index contributed by atoms with van der Waals surface area (Å²) >= 11 is 0. The van der Waals surface area contributed by atoms with Crippen LogP contribution in [0.5, 0.6) is 5.75 Å². The van der Waals surface area contributed by atoms with E-state index < -0.39 is 6.36 Å². The van der Waals surface area contributed by atoms with Crippen molar-refractivity contribution in [3.8, 4) is 5.75 Å². The lowest BCUT2D eigenvalue weighted by Gasteiger charge is -2.33. The van der Waals surface area contributed by atoms with Gasteiger partial charge >= 0.3 is 6.36 Å². The van der Waals surface area contributed by atoms with Crippen LogP contribution >= 0.6 is 0 Å². The van der Waals surface area contributed by atoms with E-state index in [2.05, 4.69) is 28.5 Å². The van der Waals surface area contributed by atoms with Crippen LogP contribution < -0.4 is 10.1 Å². The molecule has 1 heterocycles. The summed E-state index contributed by atoms with van der Waals surface area (Å²) < 4.78 is 43.8. The number of carbonyl (C=O) groups excluding carboxylic acids is 1. The second-order valence-corrected chi connectivity index (χ2v) is 9.75. The van der Waals surface area contributed by atoms with Crippen molar-refractivity contribution in [3.05, 3.63) is 48.0 Å². The molecule has 0 bridgehead atoms. The first kappa shape index (κ1) is 25.9. The second kappa shape index (κ2) is 10.4. The summed E-state index contributed by atoms with van der Waals surface area (Å²) in [5.74, 6) is 1.39. The predicted molar refractivity (Wildman–Crippen MR) is 135 cm³/mol. The van der Waals surface area contributed by atoms with Crippen molar-refractivity contribution in [3.63, 3.8) is 0 Å². The molecule has 4 rings (SSSR count). The molecule has 194 valence electrons. The molecule has 36 heavy (non-hydrogen) atoms. The number of anilines is 2. The molecule has 3 aromatic rings. The lowest BCUT2D eigenvalue weighted by molar-refractivity contribution is -0.274. The van der Waals surface area contributed by atoms with Gasteiger partial charge in [0.2, 0.25) is 5.95 Å². The van der Waals surface area contributed by atoms with Crippen LogP contribution in [0.25, 0.3) is 11.0 Å². The summed E-state index contributed by atoms with van der Waals surface area (Å²) in [6.45, 7) is 9.69. The smallest absolute Gasteiger partial charge is 0.406 e. The molecule has 1 fully saturated rings. The van der Waals surface area contributed by atoms with Crippen molar-refractivity contribution in [2.75, 3.05) is 18.4 Å². The molecule has 2 unspecified atom stereocenters. The molecule has 1 aliphatic carbocycles. The average molecular weight is 503 g/mol. The molecule has 2 atom stereocenters. The maximum atomic E-state index is 13.1. The monoisotopic (exact) mass is 502 g/mol. The number of nitrogens with zero attached hydrogens (tertiary/aromatic N) is 3. The first-order chi connectivity index (χ1) is 17.1. The lowest BCUT2D eigenvalue weighted by Crippen LogP contribution is -2.30. The van der Waals surface area contributed by atoms with E-state index in [0.717, 1.165) is 30.3 Å². The highest BCUT2D eigenvalue weighted by atomic mass is 19.4. The van der Waals surface area contributed by atoms with Gasteiger partial charge in [-0.3, -0.25) is 4.79 Å². The standard InChI is InChI=1S/C27H33F3N4O2/c1-5-33(6-2)25(35)19-7-12-23-24(16-19)34(21-14-17(3)13-18(4)15-21)26(32-23)31-20-8-10-22(11-9-20)36-27(28,29)30/h7-12,16-18,21H,5-6,13-15H2,1-4H3,(H,31,32). The molecule has 1 amide bonds. The minimum Gasteiger partial charge on any atom is -0.406 e. The van der Waals surface area contributed by atoms with Gasteiger partial charge in [0, 0.05) is 30.4 Å². The highest BCUT2D eigenvalue weighted by molar-refractivity contribution is 5.98. The number of halogens is 3. The third kappa shape index (κ3) is 5.77. The van der Waals surface area contributed by atoms with E-state index in [1.165, 1.54) is 24.3 Å². The Morgan fingerprint density at radius 3 is 2.28 bits per heavy atom. The van der Waals surface area contributed by atoms with Crippen LogP contribution in [0.3, 0.4) is 0 Å². The Morgan fingerprint density at radius 1 is 1.06 bits per heavy atom. The molecule has 9 heteroatoms. The quantitative estimate of drug-likeness (QED) is 0.372. The van der Waals surface area contributed by atoms with Crippen LogP contribution in [0.1, 0.15) is 63.4 Å². The topological polar surface area (TPSA) is 59.4 Å². The summed E-state index contributed by atoms with van der Waals surface area (Å²) in [6.07, 6.45) is -1.61. The zero-order valence-corrected chi connectivity index (χ0v) is 21.1. The third-order valence-electron chi connectivity index (χ3n) is 6.85. The number of fused-ring (bicyclic) bond motifs is 1. The minimum atomic E-state index is -4.74. The molecule has 0 aliphatic heterocycles. The van der Waals surface area contributed by atoms with Gasteiger partial charge in [-0.2, -0.15) is 0 Å². The van der Waals surface area contributed by atoms with Gasteiger partial charge < -0.3 is 19.5 Å². The number of aromatic nitrogens is 2. The van der Waals surface area contributed by atoms with Gasteiger partial charge in [-0.15, -0.1) is 13.2 Å². The number of carbonyl (C=O) groups is 1. The van der Waals surface area contributed by atoms with Crippen molar-refractivity contribution < 1.29 is 22.7 Å². The largest absolute Gasteiger partial charge is 0.573 e. The molecule has 6 nitrogen and oxygen atoms in total. The summed E-state index contributed by atoms with van der Waals surface area (Å²) in [5, 5.41) is 3.29. The minimum absolute atomic E-state index is 0.0187. The van der Waals surface area contributed by atoms with E-state index in [9.17, 15) is 18.0 Å². The van der Waals surface area contributed by atoms with Crippen LogP contribution in [0.4, 0.5) is 24.8 Å². The van der Waals surface area contributed by atoms with Crippen molar-refractivity contribution >= 4 is 28.6 Å². The SMILES string of the molecule is CCN(CC)C(=O)c1ccc2nc(Nc3ccc(OC(F)(F)F)cc3)n(C3CC(C)CC(C)C3)c2c1. The van der Waals surface area contributed by atoms with Crippen LogP contribution in [0.2, 0.25) is 0 Å². The Hall–Kier alpha value is -3.23. The van der Waals surface area contributed by atoms with Gasteiger partial charge in [0.15, 0.2) is 0 Å². The molecule has 2 aromatic carbocycles. The summed E-state index contributed by atoms with van der Waals surface area (Å²) in [7, 11) is 0. The summed E-state index contributed by atoms with van der Waals surface area (Å²) in [5.41, 5.74) is 2.84. The van der Waals surface area contributed by atoms with Gasteiger partial charge in [0.1, 0.15) is 5.75 Å². The van der Waals surface area contributed by atoms with E-state index in [1.807, 2.05) is 26.0 Å². The van der Waals surface area contributed by atoms with Crippen LogP contribution in [-0.4, -0.2) is 39.8 Å². The molecule has 0 saturated heterocycles. The Balaban J connectivity index is 1.73. The van der Waals surface area contributed by atoms with Crippen LogP contribution in [0.15, 0.2) is 42.5 Å². The molecule has 1 aliphatic rings.